The molecule has 0 aliphatic rings. The van der Waals surface area contributed by atoms with Crippen LogP contribution in [0.4, 0.5) is 51.2 Å². The van der Waals surface area contributed by atoms with Crippen molar-refractivity contribution in [2.45, 2.75) is 0 Å². The molecule has 5 heteroatoms. The quantitative estimate of drug-likeness (QED) is 0.136. The highest BCUT2D eigenvalue weighted by Gasteiger charge is 2.21. The van der Waals surface area contributed by atoms with Crippen molar-refractivity contribution in [2.24, 2.45) is 0 Å². The summed E-state index contributed by atoms with van der Waals surface area (Å²) in [4.78, 5) is 7.07. The first-order valence-electron chi connectivity index (χ1n) is 22.0. The number of hydrogen-bond donors (Lipinski definition) is 0. The lowest BCUT2D eigenvalue weighted by Gasteiger charge is -2.26. The molecule has 0 spiro atoms. The third kappa shape index (κ3) is 6.96. The van der Waals surface area contributed by atoms with Gasteiger partial charge in [0.05, 0.1) is 11.0 Å². The van der Waals surface area contributed by atoms with Crippen molar-refractivity contribution in [1.82, 2.24) is 4.57 Å². The fourth-order valence-electron chi connectivity index (χ4n) is 9.39. The van der Waals surface area contributed by atoms with Gasteiger partial charge < -0.3 is 19.3 Å². The molecule has 0 unspecified atom stereocenters. The van der Waals surface area contributed by atoms with Gasteiger partial charge in [0, 0.05) is 87.8 Å². The maximum Gasteiger partial charge on any atom is 0.0561 e. The molecular weight excluding hydrogens is 809 g/mol. The Hall–Kier alpha value is -8.38. The van der Waals surface area contributed by atoms with Gasteiger partial charge in [0.1, 0.15) is 0 Å². The SMILES string of the molecule is c1ccc(N(c2ccccc2)c2ccc3sc4cc(N(c5ccccc5)c5ccc6c7cc(N(c8ccccc8)c8ccccc8)ccc7n(-c7ccccc7)c6c5)ccc4c3c2)cc1. The van der Waals surface area contributed by atoms with Crippen LogP contribution in [0.2, 0.25) is 0 Å². The molecule has 0 aliphatic heterocycles. The number of thiophene rings is 1. The molecule has 12 rings (SSSR count). The summed E-state index contributed by atoms with van der Waals surface area (Å²) in [7, 11) is 0. The largest absolute Gasteiger partial charge is 0.310 e. The molecule has 0 aliphatic carbocycles. The first-order valence-corrected chi connectivity index (χ1v) is 22.8. The van der Waals surface area contributed by atoms with E-state index in [2.05, 4.69) is 274 Å². The predicted molar refractivity (Wildman–Crippen MR) is 278 cm³/mol. The van der Waals surface area contributed by atoms with Crippen molar-refractivity contribution in [3.63, 3.8) is 0 Å². The van der Waals surface area contributed by atoms with Crippen LogP contribution in [0.1, 0.15) is 0 Å². The number of nitrogens with zero attached hydrogens (tertiary/aromatic N) is 4. The summed E-state index contributed by atoms with van der Waals surface area (Å²) in [5.74, 6) is 0. The lowest BCUT2D eigenvalue weighted by molar-refractivity contribution is 1.18. The van der Waals surface area contributed by atoms with Gasteiger partial charge in [0.2, 0.25) is 0 Å². The van der Waals surface area contributed by atoms with Crippen LogP contribution in [0.5, 0.6) is 0 Å². The first-order chi connectivity index (χ1) is 32.2. The zero-order valence-corrected chi connectivity index (χ0v) is 36.3. The van der Waals surface area contributed by atoms with E-state index in [0.717, 1.165) is 67.9 Å². The van der Waals surface area contributed by atoms with Gasteiger partial charge in [0.15, 0.2) is 0 Å². The Balaban J connectivity index is 1.01. The van der Waals surface area contributed by atoms with Crippen molar-refractivity contribution < 1.29 is 0 Å². The molecule has 308 valence electrons. The van der Waals surface area contributed by atoms with Crippen LogP contribution in [0, 0.1) is 0 Å². The van der Waals surface area contributed by atoms with Gasteiger partial charge in [0.25, 0.3) is 0 Å². The average Bonchev–Trinajstić information content (AvgIpc) is 3.90. The molecule has 0 radical (unpaired) electrons. The van der Waals surface area contributed by atoms with Crippen LogP contribution >= 0.6 is 11.3 Å². The topological polar surface area (TPSA) is 14.7 Å². The summed E-state index contributed by atoms with van der Waals surface area (Å²) in [6.45, 7) is 0. The lowest BCUT2D eigenvalue weighted by atomic mass is 10.1. The van der Waals surface area contributed by atoms with Crippen LogP contribution in [0.3, 0.4) is 0 Å². The number of anilines is 9. The van der Waals surface area contributed by atoms with Gasteiger partial charge in [-0.1, -0.05) is 121 Å². The Morgan fingerprint density at radius 2 is 0.631 bits per heavy atom. The Morgan fingerprint density at radius 1 is 0.246 bits per heavy atom. The van der Waals surface area contributed by atoms with Gasteiger partial charge in [-0.3, -0.25) is 0 Å². The molecule has 4 nitrogen and oxygen atoms in total. The zero-order chi connectivity index (χ0) is 43.1. The molecule has 0 atom stereocenters. The molecule has 10 aromatic carbocycles. The van der Waals surface area contributed by atoms with Crippen LogP contribution < -0.4 is 14.7 Å². The Bertz CT molecular complexity index is 3510. The van der Waals surface area contributed by atoms with E-state index in [1.807, 2.05) is 11.3 Å². The summed E-state index contributed by atoms with van der Waals surface area (Å²) in [5.41, 5.74) is 13.4. The number of hydrogen-bond acceptors (Lipinski definition) is 4. The summed E-state index contributed by atoms with van der Waals surface area (Å²) >= 11 is 1.85. The second kappa shape index (κ2) is 16.4. The van der Waals surface area contributed by atoms with Crippen LogP contribution in [-0.2, 0) is 0 Å². The molecule has 65 heavy (non-hydrogen) atoms. The van der Waals surface area contributed by atoms with Crippen LogP contribution in [-0.4, -0.2) is 4.57 Å². The molecule has 2 aromatic heterocycles. The summed E-state index contributed by atoms with van der Waals surface area (Å²) in [6, 6.07) is 91.7. The fraction of sp³-hybridized carbons (Fsp3) is 0. The summed E-state index contributed by atoms with van der Waals surface area (Å²) < 4.78 is 4.92. The van der Waals surface area contributed by atoms with E-state index in [0.29, 0.717) is 0 Å². The minimum absolute atomic E-state index is 1.09. The first kappa shape index (κ1) is 38.3. The molecule has 2 heterocycles. The highest BCUT2D eigenvalue weighted by Crippen LogP contribution is 2.45. The zero-order valence-electron chi connectivity index (χ0n) is 35.4. The predicted octanol–water partition coefficient (Wildman–Crippen LogP) is 17.6. The number of rotatable bonds is 10. The second-order valence-corrected chi connectivity index (χ2v) is 17.3. The van der Waals surface area contributed by atoms with Crippen molar-refractivity contribution in [3.8, 4) is 5.69 Å². The molecule has 0 saturated carbocycles. The maximum atomic E-state index is 2.41. The molecule has 0 bridgehead atoms. The lowest BCUT2D eigenvalue weighted by Crippen LogP contribution is -2.10. The minimum atomic E-state index is 1.09. The molecular formula is C60H42N4S. The summed E-state index contributed by atoms with van der Waals surface area (Å²) in [6.07, 6.45) is 0. The maximum absolute atomic E-state index is 2.41. The van der Waals surface area contributed by atoms with Crippen molar-refractivity contribution in [3.05, 3.63) is 255 Å². The number of benzene rings is 10. The van der Waals surface area contributed by atoms with Crippen LogP contribution in [0.15, 0.2) is 255 Å². The van der Waals surface area contributed by atoms with Gasteiger partial charge >= 0.3 is 0 Å². The van der Waals surface area contributed by atoms with Gasteiger partial charge in [-0.2, -0.15) is 0 Å². The van der Waals surface area contributed by atoms with Crippen LogP contribution in [0.25, 0.3) is 47.7 Å². The number of fused-ring (bicyclic) bond motifs is 6. The van der Waals surface area contributed by atoms with Crippen molar-refractivity contribution >= 4 is 105 Å². The van der Waals surface area contributed by atoms with E-state index < -0.39 is 0 Å². The molecule has 0 fully saturated rings. The second-order valence-electron chi connectivity index (χ2n) is 16.2. The highest BCUT2D eigenvalue weighted by molar-refractivity contribution is 7.25. The average molecular weight is 851 g/mol. The number of para-hydroxylation sites is 6. The van der Waals surface area contributed by atoms with Gasteiger partial charge in [-0.15, -0.1) is 11.3 Å². The smallest absolute Gasteiger partial charge is 0.0561 e. The van der Waals surface area contributed by atoms with Gasteiger partial charge in [-0.05, 0) is 133 Å². The normalized spacial score (nSPS) is 11.4. The third-order valence-corrected chi connectivity index (χ3v) is 13.4. The van der Waals surface area contributed by atoms with E-state index >= 15 is 0 Å². The highest BCUT2D eigenvalue weighted by atomic mass is 32.1. The Labute approximate surface area is 382 Å². The molecule has 12 aromatic rings. The fourth-order valence-corrected chi connectivity index (χ4v) is 10.5. The minimum Gasteiger partial charge on any atom is -0.310 e. The van der Waals surface area contributed by atoms with Crippen molar-refractivity contribution in [1.29, 1.82) is 0 Å². The summed E-state index contributed by atoms with van der Waals surface area (Å²) in [5, 5.41) is 4.89. The molecule has 0 N–H and O–H groups in total. The van der Waals surface area contributed by atoms with E-state index in [1.54, 1.807) is 0 Å². The Kier molecular flexibility index (Phi) is 9.66. The van der Waals surface area contributed by atoms with E-state index in [4.69, 9.17) is 0 Å². The van der Waals surface area contributed by atoms with Crippen molar-refractivity contribution in [2.75, 3.05) is 14.7 Å². The van der Waals surface area contributed by atoms with Gasteiger partial charge in [-0.25, -0.2) is 0 Å². The standard InChI is InChI=1S/C60H42N4S/c1-7-19-43(20-8-1)61(44-21-9-2-10-22-44)49-33-37-57-55(39-49)53-35-31-51(41-58(53)64(57)48-29-17-6-18-30-48)63(47-27-15-5-16-28-47)52-32-36-54-56-40-50(34-38-59(56)65-60(54)42-52)62(45-23-11-3-12-24-45)46-25-13-4-14-26-46/h1-42H. The van der Waals surface area contributed by atoms with E-state index in [1.165, 1.54) is 30.9 Å². The molecule has 0 amide bonds. The van der Waals surface area contributed by atoms with E-state index in [-0.39, 0.29) is 0 Å². The number of aromatic nitrogens is 1. The van der Waals surface area contributed by atoms with E-state index in [9.17, 15) is 0 Å². The Morgan fingerprint density at radius 3 is 1.14 bits per heavy atom. The molecule has 0 saturated heterocycles. The third-order valence-electron chi connectivity index (χ3n) is 12.3. The monoisotopic (exact) mass is 850 g/mol.